The zero-order valence-electron chi connectivity index (χ0n) is 8.42. The number of nitrogens with zero attached hydrogens (tertiary/aromatic N) is 2. The molecule has 1 aromatic heterocycles. The Balaban J connectivity index is 2.15. The summed E-state index contributed by atoms with van der Waals surface area (Å²) in [5.74, 6) is 0. The number of hydrogen-bond donors (Lipinski definition) is 1. The molecule has 0 bridgehead atoms. The van der Waals surface area contributed by atoms with E-state index in [1.54, 1.807) is 12.1 Å². The largest absolute Gasteiger partial charge is 0.375 e. The lowest BCUT2D eigenvalue weighted by Gasteiger charge is -1.92. The molecular formula is C12H9N3S. The van der Waals surface area contributed by atoms with E-state index in [0.29, 0.717) is 10.7 Å². The lowest BCUT2D eigenvalue weighted by molar-refractivity contribution is 1.39. The van der Waals surface area contributed by atoms with Crippen LogP contribution in [0.1, 0.15) is 16.8 Å². The Morgan fingerprint density at radius 3 is 2.56 bits per heavy atom. The number of rotatable bonds is 2. The Morgan fingerprint density at radius 2 is 2.00 bits per heavy atom. The maximum absolute atomic E-state index is 8.65. The van der Waals surface area contributed by atoms with Crippen LogP contribution in [-0.4, -0.2) is 4.98 Å². The Hall–Kier alpha value is -2.12. The molecule has 0 aliphatic heterocycles. The van der Waals surface area contributed by atoms with Crippen molar-refractivity contribution in [3.63, 3.8) is 0 Å². The van der Waals surface area contributed by atoms with Crippen LogP contribution in [-0.2, 0) is 0 Å². The van der Waals surface area contributed by atoms with Gasteiger partial charge in [-0.05, 0) is 23.8 Å². The summed E-state index contributed by atoms with van der Waals surface area (Å²) in [7, 11) is 0. The first-order valence-electron chi connectivity index (χ1n) is 4.67. The second-order valence-electron chi connectivity index (χ2n) is 3.18. The third-order valence-electron chi connectivity index (χ3n) is 2.03. The van der Waals surface area contributed by atoms with Gasteiger partial charge in [-0.1, -0.05) is 18.2 Å². The molecule has 16 heavy (non-hydrogen) atoms. The summed E-state index contributed by atoms with van der Waals surface area (Å²) in [5.41, 5.74) is 8.07. The van der Waals surface area contributed by atoms with E-state index >= 15 is 0 Å². The zero-order chi connectivity index (χ0) is 11.4. The number of aromatic nitrogens is 1. The molecule has 1 aromatic carbocycles. The Kier molecular flexibility index (Phi) is 2.99. The summed E-state index contributed by atoms with van der Waals surface area (Å²) >= 11 is 1.42. The van der Waals surface area contributed by atoms with Crippen LogP contribution in [0.3, 0.4) is 0 Å². The molecule has 0 aliphatic rings. The van der Waals surface area contributed by atoms with E-state index in [2.05, 4.69) is 11.1 Å². The number of nitriles is 1. The number of hydrogen-bond acceptors (Lipinski definition) is 4. The quantitative estimate of drug-likeness (QED) is 0.858. The van der Waals surface area contributed by atoms with E-state index in [-0.39, 0.29) is 0 Å². The van der Waals surface area contributed by atoms with E-state index in [9.17, 15) is 0 Å². The third-order valence-corrected chi connectivity index (χ3v) is 2.72. The molecule has 0 saturated heterocycles. The minimum absolute atomic E-state index is 0.569. The van der Waals surface area contributed by atoms with Crippen molar-refractivity contribution < 1.29 is 0 Å². The molecule has 0 radical (unpaired) electrons. The number of nitrogen functional groups attached to an aromatic ring is 1. The van der Waals surface area contributed by atoms with Gasteiger partial charge in [-0.3, -0.25) is 0 Å². The second kappa shape index (κ2) is 4.60. The van der Waals surface area contributed by atoms with Gasteiger partial charge in [0.25, 0.3) is 0 Å². The van der Waals surface area contributed by atoms with Gasteiger partial charge in [-0.15, -0.1) is 11.3 Å². The SMILES string of the molecule is N#Cc1ccc(C=Cc2csc(N)n2)cc1. The van der Waals surface area contributed by atoms with Gasteiger partial charge in [-0.25, -0.2) is 4.98 Å². The predicted molar refractivity (Wildman–Crippen MR) is 66.6 cm³/mol. The normalized spacial score (nSPS) is 10.4. The third kappa shape index (κ3) is 2.47. The van der Waals surface area contributed by atoms with Crippen LogP contribution in [0.5, 0.6) is 0 Å². The molecule has 0 spiro atoms. The van der Waals surface area contributed by atoms with E-state index in [1.807, 2.05) is 29.7 Å². The van der Waals surface area contributed by atoms with E-state index in [0.717, 1.165) is 11.3 Å². The van der Waals surface area contributed by atoms with Gasteiger partial charge in [0, 0.05) is 5.38 Å². The molecule has 0 amide bonds. The number of benzene rings is 1. The highest BCUT2D eigenvalue weighted by Gasteiger charge is 1.94. The zero-order valence-corrected chi connectivity index (χ0v) is 9.24. The molecule has 3 nitrogen and oxygen atoms in total. The topological polar surface area (TPSA) is 62.7 Å². The maximum atomic E-state index is 8.65. The molecule has 0 unspecified atom stereocenters. The van der Waals surface area contributed by atoms with Crippen LogP contribution in [0.15, 0.2) is 29.6 Å². The van der Waals surface area contributed by atoms with Crippen LogP contribution >= 0.6 is 11.3 Å². The van der Waals surface area contributed by atoms with Gasteiger partial charge in [0.2, 0.25) is 0 Å². The Bertz CT molecular complexity index is 546. The number of thiazole rings is 1. The minimum atomic E-state index is 0.569. The van der Waals surface area contributed by atoms with Crippen molar-refractivity contribution >= 4 is 28.6 Å². The highest BCUT2D eigenvalue weighted by molar-refractivity contribution is 7.13. The van der Waals surface area contributed by atoms with Gasteiger partial charge in [0.05, 0.1) is 17.3 Å². The van der Waals surface area contributed by atoms with E-state index in [1.165, 1.54) is 11.3 Å². The van der Waals surface area contributed by atoms with Gasteiger partial charge >= 0.3 is 0 Å². The van der Waals surface area contributed by atoms with Crippen molar-refractivity contribution in [3.05, 3.63) is 46.5 Å². The van der Waals surface area contributed by atoms with Crippen molar-refractivity contribution in [2.24, 2.45) is 0 Å². The Morgan fingerprint density at radius 1 is 1.25 bits per heavy atom. The van der Waals surface area contributed by atoms with Crippen molar-refractivity contribution in [2.45, 2.75) is 0 Å². The van der Waals surface area contributed by atoms with E-state index < -0.39 is 0 Å². The van der Waals surface area contributed by atoms with Gasteiger partial charge in [0.1, 0.15) is 0 Å². The molecule has 4 heteroatoms. The van der Waals surface area contributed by atoms with Crippen molar-refractivity contribution in [2.75, 3.05) is 5.73 Å². The first-order valence-corrected chi connectivity index (χ1v) is 5.55. The standard InChI is InChI=1S/C12H9N3S/c13-7-10-3-1-9(2-4-10)5-6-11-8-16-12(14)15-11/h1-6,8H,(H2,14,15). The summed E-state index contributed by atoms with van der Waals surface area (Å²) in [6.45, 7) is 0. The molecular weight excluding hydrogens is 218 g/mol. The van der Waals surface area contributed by atoms with E-state index in [4.69, 9.17) is 11.0 Å². The lowest BCUT2D eigenvalue weighted by Crippen LogP contribution is -1.81. The predicted octanol–water partition coefficient (Wildman–Crippen LogP) is 2.77. The molecule has 2 rings (SSSR count). The van der Waals surface area contributed by atoms with Crippen molar-refractivity contribution in [3.8, 4) is 6.07 Å². The fourth-order valence-corrected chi connectivity index (χ4v) is 1.76. The summed E-state index contributed by atoms with van der Waals surface area (Å²) < 4.78 is 0. The van der Waals surface area contributed by atoms with Crippen LogP contribution in [0, 0.1) is 11.3 Å². The molecule has 0 aliphatic carbocycles. The lowest BCUT2D eigenvalue weighted by atomic mass is 10.1. The van der Waals surface area contributed by atoms with Crippen LogP contribution in [0.25, 0.3) is 12.2 Å². The molecule has 2 N–H and O–H groups in total. The maximum Gasteiger partial charge on any atom is 0.180 e. The molecule has 1 heterocycles. The number of anilines is 1. The first kappa shape index (κ1) is 10.4. The second-order valence-corrected chi connectivity index (χ2v) is 4.07. The summed E-state index contributed by atoms with van der Waals surface area (Å²) in [6, 6.07) is 9.44. The highest BCUT2D eigenvalue weighted by Crippen LogP contribution is 2.14. The average Bonchev–Trinajstić information content (AvgIpc) is 2.73. The summed E-state index contributed by atoms with van der Waals surface area (Å²) in [4.78, 5) is 4.12. The van der Waals surface area contributed by atoms with Gasteiger partial charge in [-0.2, -0.15) is 5.26 Å². The van der Waals surface area contributed by atoms with Crippen LogP contribution < -0.4 is 5.73 Å². The Labute approximate surface area is 97.5 Å². The van der Waals surface area contributed by atoms with Crippen molar-refractivity contribution in [1.29, 1.82) is 5.26 Å². The summed E-state index contributed by atoms with van der Waals surface area (Å²) in [5, 5.41) is 11.1. The van der Waals surface area contributed by atoms with Crippen LogP contribution in [0.4, 0.5) is 5.13 Å². The fraction of sp³-hybridized carbons (Fsp3) is 0. The monoisotopic (exact) mass is 227 g/mol. The summed E-state index contributed by atoms with van der Waals surface area (Å²) in [6.07, 6.45) is 3.84. The fourth-order valence-electron chi connectivity index (χ4n) is 1.23. The highest BCUT2D eigenvalue weighted by atomic mass is 32.1. The first-order chi connectivity index (χ1) is 7.78. The molecule has 78 valence electrons. The molecule has 0 fully saturated rings. The molecule has 2 aromatic rings. The molecule has 0 saturated carbocycles. The average molecular weight is 227 g/mol. The smallest absolute Gasteiger partial charge is 0.180 e. The van der Waals surface area contributed by atoms with Crippen molar-refractivity contribution in [1.82, 2.24) is 4.98 Å². The number of nitrogens with two attached hydrogens (primary N) is 1. The van der Waals surface area contributed by atoms with Gasteiger partial charge in [0.15, 0.2) is 5.13 Å². The minimum Gasteiger partial charge on any atom is -0.375 e. The molecule has 0 atom stereocenters. The van der Waals surface area contributed by atoms with Gasteiger partial charge < -0.3 is 5.73 Å². The van der Waals surface area contributed by atoms with Crippen LogP contribution in [0.2, 0.25) is 0 Å².